The number of hydrogen-bond donors (Lipinski definition) is 1. The molecule has 0 aromatic heterocycles. The Kier molecular flexibility index (Phi) is 5.58. The SMILES string of the molecule is COc1ccc([C@@H](O)[C@H](Br)C(=O)N2C(=O)OC[C@H]2c2ccccc2)cc1. The van der Waals surface area contributed by atoms with Crippen LogP contribution in [0.15, 0.2) is 54.6 Å². The Balaban J connectivity index is 1.80. The topological polar surface area (TPSA) is 76.1 Å². The van der Waals surface area contributed by atoms with Crippen LogP contribution in [0, 0.1) is 0 Å². The first-order valence-electron chi connectivity index (χ1n) is 8.03. The number of aliphatic hydroxyl groups excluding tert-OH is 1. The number of ether oxygens (including phenoxy) is 2. The molecule has 0 aliphatic carbocycles. The van der Waals surface area contributed by atoms with E-state index in [1.165, 1.54) is 0 Å². The molecule has 1 heterocycles. The van der Waals surface area contributed by atoms with Crippen molar-refractivity contribution in [3.8, 4) is 5.75 Å². The smallest absolute Gasteiger partial charge is 0.417 e. The summed E-state index contributed by atoms with van der Waals surface area (Å²) in [6.45, 7) is 0.0902. The van der Waals surface area contributed by atoms with Gasteiger partial charge in [0.2, 0.25) is 5.91 Å². The van der Waals surface area contributed by atoms with Crippen LogP contribution >= 0.6 is 15.9 Å². The summed E-state index contributed by atoms with van der Waals surface area (Å²) in [6, 6.07) is 15.4. The highest BCUT2D eigenvalue weighted by Crippen LogP contribution is 2.32. The third kappa shape index (κ3) is 3.59. The lowest BCUT2D eigenvalue weighted by molar-refractivity contribution is -0.130. The molecule has 6 nitrogen and oxygen atoms in total. The maximum absolute atomic E-state index is 12.9. The lowest BCUT2D eigenvalue weighted by Gasteiger charge is -2.25. The van der Waals surface area contributed by atoms with Crippen molar-refractivity contribution in [1.82, 2.24) is 4.90 Å². The Bertz CT molecular complexity index is 780. The Morgan fingerprint density at radius 3 is 2.50 bits per heavy atom. The maximum Gasteiger partial charge on any atom is 0.417 e. The van der Waals surface area contributed by atoms with E-state index in [9.17, 15) is 14.7 Å². The van der Waals surface area contributed by atoms with Gasteiger partial charge >= 0.3 is 6.09 Å². The van der Waals surface area contributed by atoms with Gasteiger partial charge in [-0.3, -0.25) is 4.79 Å². The summed E-state index contributed by atoms with van der Waals surface area (Å²) < 4.78 is 10.2. The second-order valence-electron chi connectivity index (χ2n) is 5.83. The quantitative estimate of drug-likeness (QED) is 0.752. The number of carbonyl (C=O) groups excluding carboxylic acids is 2. The van der Waals surface area contributed by atoms with Gasteiger partial charge in [0.1, 0.15) is 29.3 Å². The molecule has 3 atom stereocenters. The zero-order valence-corrected chi connectivity index (χ0v) is 15.6. The zero-order valence-electron chi connectivity index (χ0n) is 14.0. The predicted octanol–water partition coefficient (Wildman–Crippen LogP) is 3.21. The van der Waals surface area contributed by atoms with Crippen LogP contribution in [0.3, 0.4) is 0 Å². The summed E-state index contributed by atoms with van der Waals surface area (Å²) in [7, 11) is 1.55. The maximum atomic E-state index is 12.9. The van der Waals surface area contributed by atoms with Gasteiger partial charge in [0.05, 0.1) is 7.11 Å². The fraction of sp³-hybridized carbons (Fsp3) is 0.263. The van der Waals surface area contributed by atoms with Crippen molar-refractivity contribution in [2.45, 2.75) is 17.0 Å². The van der Waals surface area contributed by atoms with Crippen LogP contribution in [0.4, 0.5) is 4.79 Å². The number of aliphatic hydroxyl groups is 1. The molecule has 3 rings (SSSR count). The molecule has 0 saturated carbocycles. The molecule has 7 heteroatoms. The molecule has 26 heavy (non-hydrogen) atoms. The minimum absolute atomic E-state index is 0.0902. The Morgan fingerprint density at radius 1 is 1.23 bits per heavy atom. The van der Waals surface area contributed by atoms with Crippen molar-refractivity contribution >= 4 is 27.9 Å². The number of halogens is 1. The molecule has 1 aliphatic rings. The third-order valence-electron chi connectivity index (χ3n) is 4.27. The van der Waals surface area contributed by atoms with E-state index in [1.807, 2.05) is 30.3 Å². The number of methoxy groups -OCH3 is 1. The number of benzene rings is 2. The number of carbonyl (C=O) groups is 2. The summed E-state index contributed by atoms with van der Waals surface area (Å²) in [5.41, 5.74) is 1.33. The molecule has 2 aromatic rings. The number of alkyl halides is 1. The van der Waals surface area contributed by atoms with E-state index in [0.717, 1.165) is 10.5 Å². The molecule has 0 bridgehead atoms. The van der Waals surface area contributed by atoms with E-state index in [1.54, 1.807) is 31.4 Å². The highest BCUT2D eigenvalue weighted by atomic mass is 79.9. The highest BCUT2D eigenvalue weighted by Gasteiger charge is 2.42. The van der Waals surface area contributed by atoms with Gasteiger partial charge in [-0.15, -0.1) is 0 Å². The summed E-state index contributed by atoms with van der Waals surface area (Å²) in [5, 5.41) is 10.5. The standard InChI is InChI=1S/C19H18BrNO5/c1-25-14-9-7-13(8-10-14)17(22)16(20)18(23)21-15(11-26-19(21)24)12-5-3-2-4-6-12/h2-10,15-17,22H,11H2,1H3/t15-,16-,17+/m0/s1. The fourth-order valence-electron chi connectivity index (χ4n) is 2.82. The predicted molar refractivity (Wildman–Crippen MR) is 98.0 cm³/mol. The summed E-state index contributed by atoms with van der Waals surface area (Å²) in [4.78, 5) is 25.0. The molecule has 0 spiro atoms. The largest absolute Gasteiger partial charge is 0.497 e. The fourth-order valence-corrected chi connectivity index (χ4v) is 3.35. The van der Waals surface area contributed by atoms with Gasteiger partial charge in [0, 0.05) is 0 Å². The average Bonchev–Trinajstić information content (AvgIpc) is 3.08. The number of nitrogens with zero attached hydrogens (tertiary/aromatic N) is 1. The summed E-state index contributed by atoms with van der Waals surface area (Å²) in [5.74, 6) is 0.0929. The Morgan fingerprint density at radius 2 is 1.88 bits per heavy atom. The number of imide groups is 1. The molecular weight excluding hydrogens is 402 g/mol. The van der Waals surface area contributed by atoms with Crippen LogP contribution in [0.2, 0.25) is 0 Å². The Labute approximate surface area is 159 Å². The number of amides is 2. The minimum atomic E-state index is -1.13. The van der Waals surface area contributed by atoms with E-state index in [2.05, 4.69) is 15.9 Å². The van der Waals surface area contributed by atoms with Gasteiger partial charge in [0.15, 0.2) is 0 Å². The Hall–Kier alpha value is -2.38. The van der Waals surface area contributed by atoms with Gasteiger partial charge in [-0.1, -0.05) is 58.4 Å². The zero-order chi connectivity index (χ0) is 18.7. The molecule has 1 aliphatic heterocycles. The van der Waals surface area contributed by atoms with Gasteiger partial charge in [-0.05, 0) is 23.3 Å². The van der Waals surface area contributed by atoms with Crippen molar-refractivity contribution in [3.63, 3.8) is 0 Å². The van der Waals surface area contributed by atoms with Crippen molar-refractivity contribution in [3.05, 3.63) is 65.7 Å². The van der Waals surface area contributed by atoms with Crippen LogP contribution in [0.1, 0.15) is 23.3 Å². The van der Waals surface area contributed by atoms with E-state index >= 15 is 0 Å². The monoisotopic (exact) mass is 419 g/mol. The van der Waals surface area contributed by atoms with Crippen molar-refractivity contribution < 1.29 is 24.2 Å². The van der Waals surface area contributed by atoms with Crippen molar-refractivity contribution in [1.29, 1.82) is 0 Å². The second kappa shape index (κ2) is 7.88. The van der Waals surface area contributed by atoms with Crippen LogP contribution in [0.25, 0.3) is 0 Å². The molecule has 2 aromatic carbocycles. The number of hydrogen-bond acceptors (Lipinski definition) is 5. The second-order valence-corrected chi connectivity index (χ2v) is 6.82. The molecule has 1 N–H and O–H groups in total. The van der Waals surface area contributed by atoms with Crippen LogP contribution in [-0.2, 0) is 9.53 Å². The van der Waals surface area contributed by atoms with Crippen molar-refractivity contribution in [2.24, 2.45) is 0 Å². The van der Waals surface area contributed by atoms with E-state index < -0.39 is 29.0 Å². The van der Waals surface area contributed by atoms with Crippen LogP contribution < -0.4 is 4.74 Å². The molecule has 1 fully saturated rings. The first-order chi connectivity index (χ1) is 12.5. The van der Waals surface area contributed by atoms with E-state index in [0.29, 0.717) is 11.3 Å². The lowest BCUT2D eigenvalue weighted by atomic mass is 10.0. The lowest BCUT2D eigenvalue weighted by Crippen LogP contribution is -2.41. The molecule has 0 unspecified atom stereocenters. The van der Waals surface area contributed by atoms with E-state index in [4.69, 9.17) is 9.47 Å². The molecule has 2 amide bonds. The molecular formula is C19H18BrNO5. The van der Waals surface area contributed by atoms with Gasteiger partial charge in [0.25, 0.3) is 0 Å². The van der Waals surface area contributed by atoms with Gasteiger partial charge in [-0.2, -0.15) is 0 Å². The highest BCUT2D eigenvalue weighted by molar-refractivity contribution is 9.10. The van der Waals surface area contributed by atoms with Crippen LogP contribution in [-0.4, -0.2) is 40.6 Å². The normalized spacial score (nSPS) is 19.0. The molecule has 136 valence electrons. The third-order valence-corrected chi connectivity index (χ3v) is 5.16. The average molecular weight is 420 g/mol. The van der Waals surface area contributed by atoms with Crippen LogP contribution in [0.5, 0.6) is 5.75 Å². The first-order valence-corrected chi connectivity index (χ1v) is 8.95. The number of rotatable bonds is 5. The van der Waals surface area contributed by atoms with E-state index in [-0.39, 0.29) is 6.61 Å². The first kappa shape index (κ1) is 18.4. The summed E-state index contributed by atoms with van der Waals surface area (Å²) >= 11 is 3.24. The van der Waals surface area contributed by atoms with Gasteiger partial charge in [-0.25, -0.2) is 9.69 Å². The molecule has 1 saturated heterocycles. The van der Waals surface area contributed by atoms with Crippen molar-refractivity contribution in [2.75, 3.05) is 13.7 Å². The van der Waals surface area contributed by atoms with Gasteiger partial charge < -0.3 is 14.6 Å². The number of cyclic esters (lactones) is 1. The summed E-state index contributed by atoms with van der Waals surface area (Å²) in [6.07, 6.45) is -1.84. The minimum Gasteiger partial charge on any atom is -0.497 e. The molecule has 0 radical (unpaired) electrons.